The quantitative estimate of drug-likeness (QED) is 0.495. The van der Waals surface area contributed by atoms with Crippen molar-refractivity contribution in [1.82, 2.24) is 9.88 Å². The zero-order chi connectivity index (χ0) is 16.8. The molecule has 0 spiro atoms. The number of ether oxygens (including phenoxy) is 1. The Balaban J connectivity index is 2.20. The number of nitrogens with zero attached hydrogens (tertiary/aromatic N) is 4. The van der Waals surface area contributed by atoms with Gasteiger partial charge in [-0.15, -0.1) is 10.2 Å². The molecular weight excluding hydrogens is 296 g/mol. The molecule has 0 bridgehead atoms. The van der Waals surface area contributed by atoms with E-state index in [4.69, 9.17) is 16.2 Å². The number of nitrogens with two attached hydrogens (primary N) is 2. The molecule has 8 heteroatoms. The second-order valence-electron chi connectivity index (χ2n) is 5.02. The Labute approximate surface area is 133 Å². The SMILES string of the molecule is CN(C)CC(=O)Oc1ccccc1/N=N/c1ccc(N)nc1N. The standard InChI is InChI=1S/C15H18N6O2/c1-21(2)9-14(22)23-12-6-4-3-5-10(12)19-20-11-7-8-13(16)18-15(11)17/h3-8H,9H2,1-2H3,(H4,16,17,18)/b20-19+. The van der Waals surface area contributed by atoms with Crippen LogP contribution in [0.4, 0.5) is 23.0 Å². The van der Waals surface area contributed by atoms with Crippen LogP contribution in [0.1, 0.15) is 0 Å². The number of azo groups is 1. The first kappa shape index (κ1) is 16.4. The third kappa shape index (κ3) is 4.75. The predicted molar refractivity (Wildman–Crippen MR) is 87.9 cm³/mol. The molecule has 2 rings (SSSR count). The molecule has 0 saturated heterocycles. The Morgan fingerprint density at radius 3 is 2.52 bits per heavy atom. The van der Waals surface area contributed by atoms with E-state index in [9.17, 15) is 4.79 Å². The third-order valence-electron chi connectivity index (χ3n) is 2.72. The second-order valence-corrected chi connectivity index (χ2v) is 5.02. The fourth-order valence-electron chi connectivity index (χ4n) is 1.71. The van der Waals surface area contributed by atoms with Gasteiger partial charge in [0.25, 0.3) is 0 Å². The summed E-state index contributed by atoms with van der Waals surface area (Å²) >= 11 is 0. The maximum Gasteiger partial charge on any atom is 0.325 e. The van der Waals surface area contributed by atoms with Gasteiger partial charge in [0.05, 0.1) is 6.54 Å². The number of aromatic nitrogens is 1. The number of benzene rings is 1. The first-order valence-corrected chi connectivity index (χ1v) is 6.84. The molecule has 0 aliphatic rings. The first-order chi connectivity index (χ1) is 11.0. The normalized spacial score (nSPS) is 11.1. The number of likely N-dealkylation sites (N-methyl/N-ethyl adjacent to an activating group) is 1. The fourth-order valence-corrected chi connectivity index (χ4v) is 1.71. The zero-order valence-electron chi connectivity index (χ0n) is 12.9. The van der Waals surface area contributed by atoms with Crippen molar-refractivity contribution < 1.29 is 9.53 Å². The molecule has 1 aromatic carbocycles. The van der Waals surface area contributed by atoms with Crippen molar-refractivity contribution in [1.29, 1.82) is 0 Å². The Morgan fingerprint density at radius 2 is 1.83 bits per heavy atom. The van der Waals surface area contributed by atoms with Gasteiger partial charge >= 0.3 is 5.97 Å². The number of hydrogen-bond donors (Lipinski definition) is 2. The van der Waals surface area contributed by atoms with Crippen molar-refractivity contribution in [2.75, 3.05) is 32.1 Å². The first-order valence-electron chi connectivity index (χ1n) is 6.84. The van der Waals surface area contributed by atoms with E-state index in [0.717, 1.165) is 0 Å². The highest BCUT2D eigenvalue weighted by Crippen LogP contribution is 2.30. The van der Waals surface area contributed by atoms with Gasteiger partial charge in [-0.3, -0.25) is 9.69 Å². The fraction of sp³-hybridized carbons (Fsp3) is 0.200. The van der Waals surface area contributed by atoms with Gasteiger partial charge in [0.15, 0.2) is 11.6 Å². The number of anilines is 2. The van der Waals surface area contributed by atoms with Crippen molar-refractivity contribution in [3.05, 3.63) is 36.4 Å². The zero-order valence-corrected chi connectivity index (χ0v) is 12.9. The molecular formula is C15H18N6O2. The average molecular weight is 314 g/mol. The highest BCUT2D eigenvalue weighted by Gasteiger charge is 2.10. The van der Waals surface area contributed by atoms with E-state index in [1.807, 2.05) is 0 Å². The molecule has 0 radical (unpaired) electrons. The molecule has 2 aromatic rings. The van der Waals surface area contributed by atoms with Crippen LogP contribution in [0, 0.1) is 0 Å². The molecule has 23 heavy (non-hydrogen) atoms. The monoisotopic (exact) mass is 314 g/mol. The maximum atomic E-state index is 11.8. The minimum Gasteiger partial charge on any atom is -0.423 e. The van der Waals surface area contributed by atoms with Crippen molar-refractivity contribution in [2.45, 2.75) is 0 Å². The van der Waals surface area contributed by atoms with Crippen LogP contribution >= 0.6 is 0 Å². The minimum absolute atomic E-state index is 0.167. The number of carbonyl (C=O) groups excluding carboxylic acids is 1. The number of rotatable bonds is 5. The summed E-state index contributed by atoms with van der Waals surface area (Å²) < 4.78 is 5.29. The summed E-state index contributed by atoms with van der Waals surface area (Å²) in [6.45, 7) is 0.167. The summed E-state index contributed by atoms with van der Waals surface area (Å²) in [5.74, 6) is 0.423. The van der Waals surface area contributed by atoms with E-state index in [1.54, 1.807) is 55.4 Å². The smallest absolute Gasteiger partial charge is 0.325 e. The Morgan fingerprint density at radius 1 is 1.13 bits per heavy atom. The van der Waals surface area contributed by atoms with Crippen LogP contribution in [0.25, 0.3) is 0 Å². The summed E-state index contributed by atoms with van der Waals surface area (Å²) in [5.41, 5.74) is 12.0. The van der Waals surface area contributed by atoms with Crippen LogP contribution in [0.2, 0.25) is 0 Å². The number of para-hydroxylation sites is 1. The van der Waals surface area contributed by atoms with Gasteiger partial charge in [0, 0.05) is 0 Å². The van der Waals surface area contributed by atoms with Gasteiger partial charge < -0.3 is 16.2 Å². The van der Waals surface area contributed by atoms with E-state index in [1.165, 1.54) is 0 Å². The molecule has 0 saturated carbocycles. The van der Waals surface area contributed by atoms with Crippen LogP contribution in [0.15, 0.2) is 46.6 Å². The Kier molecular flexibility index (Phi) is 5.21. The van der Waals surface area contributed by atoms with Crippen molar-refractivity contribution in [2.24, 2.45) is 10.2 Å². The Hall–Kier alpha value is -3.00. The summed E-state index contributed by atoms with van der Waals surface area (Å²) in [7, 11) is 3.56. The van der Waals surface area contributed by atoms with Gasteiger partial charge in [-0.25, -0.2) is 4.98 Å². The van der Waals surface area contributed by atoms with E-state index >= 15 is 0 Å². The lowest BCUT2D eigenvalue weighted by Crippen LogP contribution is -2.25. The summed E-state index contributed by atoms with van der Waals surface area (Å²) in [4.78, 5) is 17.4. The van der Waals surface area contributed by atoms with Crippen LogP contribution in [0.5, 0.6) is 5.75 Å². The van der Waals surface area contributed by atoms with Gasteiger partial charge in [-0.2, -0.15) is 0 Å². The molecule has 0 unspecified atom stereocenters. The third-order valence-corrected chi connectivity index (χ3v) is 2.72. The molecule has 1 aromatic heterocycles. The molecule has 0 aliphatic carbocycles. The van der Waals surface area contributed by atoms with Crippen molar-refractivity contribution >= 4 is 29.0 Å². The van der Waals surface area contributed by atoms with Gasteiger partial charge in [-0.1, -0.05) is 12.1 Å². The average Bonchev–Trinajstić information content (AvgIpc) is 2.47. The predicted octanol–water partition coefficient (Wildman–Crippen LogP) is 2.13. The number of carbonyl (C=O) groups is 1. The van der Waals surface area contributed by atoms with Crippen molar-refractivity contribution in [3.8, 4) is 5.75 Å². The molecule has 8 nitrogen and oxygen atoms in total. The lowest BCUT2D eigenvalue weighted by molar-refractivity contribution is -0.135. The molecule has 1 heterocycles. The van der Waals surface area contributed by atoms with Gasteiger partial charge in [-0.05, 0) is 38.4 Å². The number of esters is 1. The van der Waals surface area contributed by atoms with Crippen LogP contribution in [-0.2, 0) is 4.79 Å². The molecule has 0 aliphatic heterocycles. The molecule has 0 atom stereocenters. The van der Waals surface area contributed by atoms with E-state index in [2.05, 4.69) is 15.2 Å². The highest BCUT2D eigenvalue weighted by molar-refractivity contribution is 5.76. The topological polar surface area (TPSA) is 119 Å². The number of hydrogen-bond acceptors (Lipinski definition) is 8. The summed E-state index contributed by atoms with van der Waals surface area (Å²) in [6, 6.07) is 10.0. The van der Waals surface area contributed by atoms with E-state index in [0.29, 0.717) is 22.9 Å². The van der Waals surface area contributed by atoms with Crippen LogP contribution < -0.4 is 16.2 Å². The molecule has 0 fully saturated rings. The van der Waals surface area contributed by atoms with E-state index in [-0.39, 0.29) is 18.3 Å². The number of nitrogen functional groups attached to an aromatic ring is 2. The summed E-state index contributed by atoms with van der Waals surface area (Å²) in [6.07, 6.45) is 0. The lowest BCUT2D eigenvalue weighted by atomic mass is 10.3. The largest absolute Gasteiger partial charge is 0.423 e. The van der Waals surface area contributed by atoms with Gasteiger partial charge in [0.2, 0.25) is 0 Å². The minimum atomic E-state index is -0.383. The number of pyridine rings is 1. The lowest BCUT2D eigenvalue weighted by Gasteiger charge is -2.10. The maximum absolute atomic E-state index is 11.8. The molecule has 4 N–H and O–H groups in total. The summed E-state index contributed by atoms with van der Waals surface area (Å²) in [5, 5.41) is 8.10. The van der Waals surface area contributed by atoms with E-state index < -0.39 is 0 Å². The van der Waals surface area contributed by atoms with Crippen molar-refractivity contribution in [3.63, 3.8) is 0 Å². The van der Waals surface area contributed by atoms with Crippen LogP contribution in [-0.4, -0.2) is 36.5 Å². The second kappa shape index (κ2) is 7.32. The molecule has 120 valence electrons. The highest BCUT2D eigenvalue weighted by atomic mass is 16.5. The van der Waals surface area contributed by atoms with Crippen LogP contribution in [0.3, 0.4) is 0 Å². The molecule has 0 amide bonds. The van der Waals surface area contributed by atoms with Gasteiger partial charge in [0.1, 0.15) is 17.2 Å². The Bertz CT molecular complexity index is 730.